The van der Waals surface area contributed by atoms with Crippen LogP contribution in [0, 0.1) is 0 Å². The van der Waals surface area contributed by atoms with E-state index < -0.39 is 17.9 Å². The third-order valence-corrected chi connectivity index (χ3v) is 5.58. The van der Waals surface area contributed by atoms with Crippen molar-refractivity contribution in [2.75, 3.05) is 23.3 Å². The zero-order valence-corrected chi connectivity index (χ0v) is 17.6. The first kappa shape index (κ1) is 21.5. The average Bonchev–Trinajstić information content (AvgIpc) is 3.24. The van der Waals surface area contributed by atoms with E-state index in [0.717, 1.165) is 22.8 Å². The van der Waals surface area contributed by atoms with E-state index in [4.69, 9.17) is 0 Å². The summed E-state index contributed by atoms with van der Waals surface area (Å²) in [5.74, 6) is -1.52. The molecule has 1 atom stereocenters. The van der Waals surface area contributed by atoms with Gasteiger partial charge in [0.05, 0.1) is 6.10 Å². The number of nitrogens with zero attached hydrogens (tertiary/aromatic N) is 1. The molecule has 7 heteroatoms. The molecule has 1 fully saturated rings. The van der Waals surface area contributed by atoms with Gasteiger partial charge in [0.2, 0.25) is 5.91 Å². The standard InChI is InChI=1S/C25H25N3O4/c29-22(21-11-3-7-17-6-1-2-10-20(17)21)13-14-26-24(31)25(32)27-18-8-4-9-19(16-18)28-15-5-12-23(28)30/h1-4,6-11,16,22,29H,5,12-15H2,(H,26,31)(H,27,32)/t22-/m0/s1. The van der Waals surface area contributed by atoms with Crippen molar-refractivity contribution in [3.8, 4) is 0 Å². The van der Waals surface area contributed by atoms with Crippen molar-refractivity contribution >= 4 is 39.9 Å². The largest absolute Gasteiger partial charge is 0.388 e. The SMILES string of the molecule is O=C(NCC[C@H](O)c1cccc2ccccc12)C(=O)Nc1cccc(N2CCCC2=O)c1. The van der Waals surface area contributed by atoms with Gasteiger partial charge in [-0.25, -0.2) is 0 Å². The van der Waals surface area contributed by atoms with Crippen molar-refractivity contribution in [3.05, 3.63) is 72.3 Å². The minimum Gasteiger partial charge on any atom is -0.388 e. The van der Waals surface area contributed by atoms with Gasteiger partial charge in [-0.1, -0.05) is 48.5 Å². The molecule has 1 heterocycles. The van der Waals surface area contributed by atoms with Gasteiger partial charge in [0.25, 0.3) is 0 Å². The molecule has 7 nitrogen and oxygen atoms in total. The summed E-state index contributed by atoms with van der Waals surface area (Å²) in [5, 5.41) is 17.7. The van der Waals surface area contributed by atoms with Crippen LogP contribution in [-0.4, -0.2) is 35.9 Å². The Kier molecular flexibility index (Phi) is 6.47. The van der Waals surface area contributed by atoms with Gasteiger partial charge in [-0.15, -0.1) is 0 Å². The zero-order chi connectivity index (χ0) is 22.5. The quantitative estimate of drug-likeness (QED) is 0.522. The number of rotatable bonds is 6. The minimum absolute atomic E-state index is 0.0518. The molecule has 0 unspecified atom stereocenters. The number of carbonyl (C=O) groups excluding carboxylic acids is 3. The predicted octanol–water partition coefficient (Wildman–Crippen LogP) is 3.15. The summed E-state index contributed by atoms with van der Waals surface area (Å²) < 4.78 is 0. The van der Waals surface area contributed by atoms with E-state index in [9.17, 15) is 19.5 Å². The Morgan fingerprint density at radius 3 is 2.59 bits per heavy atom. The van der Waals surface area contributed by atoms with Gasteiger partial charge in [0, 0.05) is 30.9 Å². The highest BCUT2D eigenvalue weighted by Crippen LogP contribution is 2.26. The van der Waals surface area contributed by atoms with Crippen molar-refractivity contribution in [2.24, 2.45) is 0 Å². The fourth-order valence-electron chi connectivity index (χ4n) is 3.96. The van der Waals surface area contributed by atoms with Crippen molar-refractivity contribution in [2.45, 2.75) is 25.4 Å². The van der Waals surface area contributed by atoms with Gasteiger partial charge >= 0.3 is 11.8 Å². The summed E-state index contributed by atoms with van der Waals surface area (Å²) in [7, 11) is 0. The van der Waals surface area contributed by atoms with Gasteiger partial charge in [0.1, 0.15) is 0 Å². The van der Waals surface area contributed by atoms with Crippen LogP contribution >= 0.6 is 0 Å². The third-order valence-electron chi connectivity index (χ3n) is 5.58. The lowest BCUT2D eigenvalue weighted by Crippen LogP contribution is -2.36. The minimum atomic E-state index is -0.797. The Bertz CT molecular complexity index is 1160. The number of nitrogens with one attached hydrogen (secondary N) is 2. The molecular formula is C25H25N3O4. The van der Waals surface area contributed by atoms with Crippen LogP contribution in [0.5, 0.6) is 0 Å². The molecule has 3 aromatic carbocycles. The van der Waals surface area contributed by atoms with E-state index in [1.54, 1.807) is 29.2 Å². The number of hydrogen-bond donors (Lipinski definition) is 3. The van der Waals surface area contributed by atoms with Gasteiger partial charge in [-0.3, -0.25) is 14.4 Å². The second kappa shape index (κ2) is 9.62. The Hall–Kier alpha value is -3.71. The molecule has 0 saturated carbocycles. The van der Waals surface area contributed by atoms with Gasteiger partial charge in [0.15, 0.2) is 0 Å². The van der Waals surface area contributed by atoms with Crippen LogP contribution in [0.15, 0.2) is 66.7 Å². The van der Waals surface area contributed by atoms with Crippen LogP contribution in [0.25, 0.3) is 10.8 Å². The molecule has 3 N–H and O–H groups in total. The number of fused-ring (bicyclic) bond motifs is 1. The van der Waals surface area contributed by atoms with E-state index in [1.807, 2.05) is 42.5 Å². The number of aliphatic hydroxyl groups excluding tert-OH is 1. The van der Waals surface area contributed by atoms with Crippen molar-refractivity contribution in [1.82, 2.24) is 5.32 Å². The first-order valence-electron chi connectivity index (χ1n) is 10.7. The maximum absolute atomic E-state index is 12.3. The summed E-state index contributed by atoms with van der Waals surface area (Å²) in [5.41, 5.74) is 1.93. The summed E-state index contributed by atoms with van der Waals surface area (Å²) in [6.45, 7) is 0.800. The number of aliphatic hydroxyl groups is 1. The number of anilines is 2. The Labute approximate surface area is 186 Å². The summed E-state index contributed by atoms with van der Waals surface area (Å²) in [6, 6.07) is 20.4. The molecule has 1 aliphatic rings. The Balaban J connectivity index is 1.31. The third kappa shape index (κ3) is 4.78. The first-order valence-corrected chi connectivity index (χ1v) is 10.7. The number of benzene rings is 3. The van der Waals surface area contributed by atoms with E-state index in [0.29, 0.717) is 24.3 Å². The molecular weight excluding hydrogens is 406 g/mol. The molecule has 0 aliphatic carbocycles. The maximum atomic E-state index is 12.3. The van der Waals surface area contributed by atoms with Crippen molar-refractivity contribution in [3.63, 3.8) is 0 Å². The lowest BCUT2D eigenvalue weighted by atomic mass is 9.99. The topological polar surface area (TPSA) is 98.7 Å². The molecule has 0 bridgehead atoms. The van der Waals surface area contributed by atoms with Crippen molar-refractivity contribution < 1.29 is 19.5 Å². The molecule has 4 rings (SSSR count). The van der Waals surface area contributed by atoms with Crippen LogP contribution < -0.4 is 15.5 Å². The molecule has 3 amide bonds. The summed E-state index contributed by atoms with van der Waals surface area (Å²) >= 11 is 0. The number of hydrogen-bond acceptors (Lipinski definition) is 4. The fraction of sp³-hybridized carbons (Fsp3) is 0.240. The fourth-order valence-corrected chi connectivity index (χ4v) is 3.96. The predicted molar refractivity (Wildman–Crippen MR) is 123 cm³/mol. The van der Waals surface area contributed by atoms with Crippen LogP contribution in [0.2, 0.25) is 0 Å². The molecule has 0 aromatic heterocycles. The highest BCUT2D eigenvalue weighted by atomic mass is 16.3. The van der Waals surface area contributed by atoms with Crippen LogP contribution in [0.3, 0.4) is 0 Å². The smallest absolute Gasteiger partial charge is 0.313 e. The van der Waals surface area contributed by atoms with Crippen LogP contribution in [0.4, 0.5) is 11.4 Å². The van der Waals surface area contributed by atoms with Crippen molar-refractivity contribution in [1.29, 1.82) is 0 Å². The zero-order valence-electron chi connectivity index (χ0n) is 17.6. The highest BCUT2D eigenvalue weighted by Gasteiger charge is 2.22. The summed E-state index contributed by atoms with van der Waals surface area (Å²) in [6.07, 6.45) is 0.838. The normalized spacial score (nSPS) is 14.4. The molecule has 32 heavy (non-hydrogen) atoms. The maximum Gasteiger partial charge on any atom is 0.313 e. The Morgan fingerprint density at radius 1 is 1.00 bits per heavy atom. The molecule has 0 spiro atoms. The monoisotopic (exact) mass is 431 g/mol. The number of amides is 3. The van der Waals surface area contributed by atoms with Gasteiger partial charge in [-0.05, 0) is 47.4 Å². The average molecular weight is 431 g/mol. The molecule has 164 valence electrons. The van der Waals surface area contributed by atoms with E-state index in [2.05, 4.69) is 10.6 Å². The first-order chi connectivity index (χ1) is 15.5. The van der Waals surface area contributed by atoms with Gasteiger partial charge < -0.3 is 20.6 Å². The molecule has 1 saturated heterocycles. The second-order valence-corrected chi connectivity index (χ2v) is 7.78. The van der Waals surface area contributed by atoms with E-state index in [1.165, 1.54) is 0 Å². The Morgan fingerprint density at radius 2 is 1.78 bits per heavy atom. The van der Waals surface area contributed by atoms with E-state index >= 15 is 0 Å². The van der Waals surface area contributed by atoms with Crippen LogP contribution in [-0.2, 0) is 14.4 Å². The van der Waals surface area contributed by atoms with E-state index in [-0.39, 0.29) is 18.9 Å². The number of carbonyl (C=O) groups is 3. The van der Waals surface area contributed by atoms with Gasteiger partial charge in [-0.2, -0.15) is 0 Å². The molecule has 1 aliphatic heterocycles. The lowest BCUT2D eigenvalue weighted by molar-refractivity contribution is -0.136. The lowest BCUT2D eigenvalue weighted by Gasteiger charge is -2.17. The molecule has 0 radical (unpaired) electrons. The highest BCUT2D eigenvalue weighted by molar-refractivity contribution is 6.39. The van der Waals surface area contributed by atoms with Crippen LogP contribution in [0.1, 0.15) is 30.9 Å². The second-order valence-electron chi connectivity index (χ2n) is 7.78. The summed E-state index contributed by atoms with van der Waals surface area (Å²) in [4.78, 5) is 38.1. The molecule has 3 aromatic rings.